The molecule has 0 spiro atoms. The molecule has 1 fully saturated rings. The van der Waals surface area contributed by atoms with Gasteiger partial charge in [-0.15, -0.1) is 0 Å². The van der Waals surface area contributed by atoms with Crippen molar-refractivity contribution in [1.82, 2.24) is 0 Å². The van der Waals surface area contributed by atoms with E-state index in [2.05, 4.69) is 6.07 Å². The molecule has 1 unspecified atom stereocenters. The molecule has 0 aliphatic carbocycles. The maximum absolute atomic E-state index is 5.75. The van der Waals surface area contributed by atoms with Crippen LogP contribution in [-0.2, 0) is 4.74 Å². The van der Waals surface area contributed by atoms with Gasteiger partial charge in [-0.2, -0.15) is 0 Å². The van der Waals surface area contributed by atoms with E-state index in [0.29, 0.717) is 6.61 Å². The molecule has 0 saturated carbocycles. The third-order valence-electron chi connectivity index (χ3n) is 2.87. The number of methoxy groups -OCH3 is 1. The Morgan fingerprint density at radius 1 is 1.29 bits per heavy atom. The zero-order chi connectivity index (χ0) is 11.7. The van der Waals surface area contributed by atoms with Crippen LogP contribution in [0.4, 0.5) is 0 Å². The summed E-state index contributed by atoms with van der Waals surface area (Å²) in [5, 5.41) is 2.23. The zero-order valence-electron chi connectivity index (χ0n) is 9.68. The second-order valence-electron chi connectivity index (χ2n) is 4.11. The first kappa shape index (κ1) is 10.4. The van der Waals surface area contributed by atoms with Gasteiger partial charge in [-0.3, -0.25) is 0 Å². The summed E-state index contributed by atoms with van der Waals surface area (Å²) in [6.07, 6.45) is 0.281. The number of hydrogen-bond donors (Lipinski definition) is 0. The summed E-state index contributed by atoms with van der Waals surface area (Å²) >= 11 is 0. The predicted molar refractivity (Wildman–Crippen MR) is 65.7 cm³/mol. The summed E-state index contributed by atoms with van der Waals surface area (Å²) in [5.41, 5.74) is 0. The fraction of sp³-hybridized carbons (Fsp3) is 0.286. The van der Waals surface area contributed by atoms with E-state index >= 15 is 0 Å². The van der Waals surface area contributed by atoms with Crippen molar-refractivity contribution < 1.29 is 14.2 Å². The van der Waals surface area contributed by atoms with E-state index in [-0.39, 0.29) is 6.10 Å². The van der Waals surface area contributed by atoms with Crippen LogP contribution >= 0.6 is 0 Å². The Balaban J connectivity index is 1.93. The molecule has 1 atom stereocenters. The van der Waals surface area contributed by atoms with Crippen molar-refractivity contribution in [2.45, 2.75) is 6.10 Å². The van der Waals surface area contributed by atoms with Crippen LogP contribution in [0.25, 0.3) is 10.8 Å². The van der Waals surface area contributed by atoms with Crippen molar-refractivity contribution in [2.75, 3.05) is 20.3 Å². The average Bonchev–Trinajstić information content (AvgIpc) is 3.19. The first-order valence-electron chi connectivity index (χ1n) is 5.68. The molecule has 88 valence electrons. The van der Waals surface area contributed by atoms with Crippen LogP contribution in [0.3, 0.4) is 0 Å². The third-order valence-corrected chi connectivity index (χ3v) is 2.87. The minimum absolute atomic E-state index is 0.281. The Bertz CT molecular complexity index is 532. The lowest BCUT2D eigenvalue weighted by molar-refractivity contribution is 0.265. The minimum atomic E-state index is 0.281. The van der Waals surface area contributed by atoms with Gasteiger partial charge in [0.05, 0.1) is 13.7 Å². The van der Waals surface area contributed by atoms with Gasteiger partial charge in [0.25, 0.3) is 0 Å². The fourth-order valence-electron chi connectivity index (χ4n) is 1.83. The lowest BCUT2D eigenvalue weighted by Crippen LogP contribution is -2.04. The van der Waals surface area contributed by atoms with E-state index in [1.807, 2.05) is 30.3 Å². The molecular formula is C14H14O3. The smallest absolute Gasteiger partial charge is 0.127 e. The van der Waals surface area contributed by atoms with Crippen molar-refractivity contribution in [1.29, 1.82) is 0 Å². The van der Waals surface area contributed by atoms with Crippen molar-refractivity contribution in [3.8, 4) is 11.5 Å². The van der Waals surface area contributed by atoms with Gasteiger partial charge in [0, 0.05) is 5.39 Å². The summed E-state index contributed by atoms with van der Waals surface area (Å²) in [4.78, 5) is 0. The first-order valence-corrected chi connectivity index (χ1v) is 5.68. The lowest BCUT2D eigenvalue weighted by atomic mass is 10.1. The highest BCUT2D eigenvalue weighted by Crippen LogP contribution is 2.29. The summed E-state index contributed by atoms with van der Waals surface area (Å²) in [6.45, 7) is 1.45. The fourth-order valence-corrected chi connectivity index (χ4v) is 1.83. The maximum atomic E-state index is 5.75. The number of rotatable bonds is 4. The molecule has 0 N–H and O–H groups in total. The number of benzene rings is 2. The highest BCUT2D eigenvalue weighted by Gasteiger charge is 2.23. The minimum Gasteiger partial charge on any atom is -0.497 e. The van der Waals surface area contributed by atoms with Gasteiger partial charge in [-0.1, -0.05) is 12.1 Å². The monoisotopic (exact) mass is 230 g/mol. The molecule has 3 rings (SSSR count). The lowest BCUT2D eigenvalue weighted by Gasteiger charge is -2.09. The Morgan fingerprint density at radius 2 is 2.18 bits per heavy atom. The molecule has 0 amide bonds. The van der Waals surface area contributed by atoms with E-state index in [1.54, 1.807) is 7.11 Å². The largest absolute Gasteiger partial charge is 0.497 e. The first-order chi connectivity index (χ1) is 8.36. The standard InChI is InChI=1S/C14H14O3/c1-15-11-5-6-13-10(7-11)3-2-4-14(13)17-9-12-8-16-12/h2-7,12H,8-9H2,1H3. The van der Waals surface area contributed by atoms with Crippen molar-refractivity contribution in [3.63, 3.8) is 0 Å². The highest BCUT2D eigenvalue weighted by atomic mass is 16.6. The van der Waals surface area contributed by atoms with Gasteiger partial charge in [0.1, 0.15) is 24.2 Å². The summed E-state index contributed by atoms with van der Waals surface area (Å²) in [5.74, 6) is 1.76. The normalized spacial score (nSPS) is 18.1. The molecule has 1 aliphatic rings. The number of fused-ring (bicyclic) bond motifs is 1. The number of hydrogen-bond acceptors (Lipinski definition) is 3. The quantitative estimate of drug-likeness (QED) is 0.756. The molecule has 0 bridgehead atoms. The summed E-state index contributed by atoms with van der Waals surface area (Å²) < 4.78 is 16.1. The number of ether oxygens (including phenoxy) is 3. The second-order valence-corrected chi connectivity index (χ2v) is 4.11. The van der Waals surface area contributed by atoms with Crippen LogP contribution in [0.1, 0.15) is 0 Å². The number of epoxide rings is 1. The molecule has 2 aromatic rings. The highest BCUT2D eigenvalue weighted by molar-refractivity contribution is 5.89. The van der Waals surface area contributed by atoms with Gasteiger partial charge in [-0.25, -0.2) is 0 Å². The Morgan fingerprint density at radius 3 is 2.94 bits per heavy atom. The second kappa shape index (κ2) is 4.26. The molecule has 3 nitrogen and oxygen atoms in total. The van der Waals surface area contributed by atoms with E-state index in [9.17, 15) is 0 Å². The van der Waals surface area contributed by atoms with Gasteiger partial charge >= 0.3 is 0 Å². The van der Waals surface area contributed by atoms with Crippen LogP contribution in [0.5, 0.6) is 11.5 Å². The molecule has 17 heavy (non-hydrogen) atoms. The predicted octanol–water partition coefficient (Wildman–Crippen LogP) is 2.63. The van der Waals surface area contributed by atoms with Crippen LogP contribution < -0.4 is 9.47 Å². The molecule has 2 aromatic carbocycles. The van der Waals surface area contributed by atoms with Crippen LogP contribution in [0.15, 0.2) is 36.4 Å². The molecule has 0 aromatic heterocycles. The van der Waals surface area contributed by atoms with E-state index in [4.69, 9.17) is 14.2 Å². The third kappa shape index (κ3) is 2.19. The Labute approximate surface area is 99.9 Å². The van der Waals surface area contributed by atoms with Gasteiger partial charge < -0.3 is 14.2 Å². The molecule has 0 radical (unpaired) electrons. The zero-order valence-corrected chi connectivity index (χ0v) is 9.68. The topological polar surface area (TPSA) is 31.0 Å². The van der Waals surface area contributed by atoms with E-state index in [1.165, 1.54) is 0 Å². The van der Waals surface area contributed by atoms with Crippen LogP contribution in [-0.4, -0.2) is 26.4 Å². The summed E-state index contributed by atoms with van der Waals surface area (Å²) in [7, 11) is 1.67. The molecular weight excluding hydrogens is 216 g/mol. The Kier molecular flexibility index (Phi) is 2.61. The van der Waals surface area contributed by atoms with Crippen molar-refractivity contribution >= 4 is 10.8 Å². The molecule has 1 heterocycles. The average molecular weight is 230 g/mol. The van der Waals surface area contributed by atoms with Gasteiger partial charge in [0.2, 0.25) is 0 Å². The Hall–Kier alpha value is -1.74. The molecule has 1 aliphatic heterocycles. The van der Waals surface area contributed by atoms with Crippen molar-refractivity contribution in [3.05, 3.63) is 36.4 Å². The van der Waals surface area contributed by atoms with E-state index in [0.717, 1.165) is 28.9 Å². The SMILES string of the molecule is COc1ccc2c(OCC3CO3)cccc2c1. The molecule has 3 heteroatoms. The van der Waals surface area contributed by atoms with Gasteiger partial charge in [0.15, 0.2) is 0 Å². The van der Waals surface area contributed by atoms with Crippen LogP contribution in [0, 0.1) is 0 Å². The van der Waals surface area contributed by atoms with E-state index < -0.39 is 0 Å². The summed E-state index contributed by atoms with van der Waals surface area (Å²) in [6, 6.07) is 12.0. The van der Waals surface area contributed by atoms with Gasteiger partial charge in [-0.05, 0) is 29.7 Å². The van der Waals surface area contributed by atoms with Crippen LogP contribution in [0.2, 0.25) is 0 Å². The van der Waals surface area contributed by atoms with Crippen molar-refractivity contribution in [2.24, 2.45) is 0 Å². The molecule has 1 saturated heterocycles. The maximum Gasteiger partial charge on any atom is 0.127 e.